The van der Waals surface area contributed by atoms with E-state index in [2.05, 4.69) is 10.3 Å². The number of carbonyl (C=O) groups is 2. The third kappa shape index (κ3) is 5.45. The predicted octanol–water partition coefficient (Wildman–Crippen LogP) is 2.95. The van der Waals surface area contributed by atoms with Crippen LogP contribution < -0.4 is 10.1 Å². The molecule has 0 spiro atoms. The molecule has 0 atom stereocenters. The number of benzene rings is 1. The molecule has 1 aliphatic heterocycles. The molecule has 0 unspecified atom stereocenters. The van der Waals surface area contributed by atoms with Crippen LogP contribution >= 0.6 is 11.6 Å². The van der Waals surface area contributed by atoms with Gasteiger partial charge in [0.15, 0.2) is 0 Å². The quantitative estimate of drug-likeness (QED) is 0.807. The molecule has 3 rings (SSSR count). The van der Waals surface area contributed by atoms with Gasteiger partial charge in [0, 0.05) is 32.0 Å². The molecule has 2 aromatic rings. The number of ether oxygens (including phenoxy) is 1. The molecule has 7 heteroatoms. The van der Waals surface area contributed by atoms with Crippen molar-refractivity contribution in [3.05, 3.63) is 58.9 Å². The van der Waals surface area contributed by atoms with E-state index in [-0.39, 0.29) is 11.8 Å². The molecule has 1 N–H and O–H groups in total. The minimum atomic E-state index is -0.175. The van der Waals surface area contributed by atoms with Crippen molar-refractivity contribution >= 4 is 23.4 Å². The summed E-state index contributed by atoms with van der Waals surface area (Å²) in [5.74, 6) is 1.07. The molecule has 1 fully saturated rings. The minimum Gasteiger partial charge on any atom is -0.497 e. The van der Waals surface area contributed by atoms with Crippen molar-refractivity contribution in [2.45, 2.75) is 19.3 Å². The van der Waals surface area contributed by atoms with E-state index in [0.717, 1.165) is 24.2 Å². The molecule has 0 bridgehead atoms. The number of nitrogens with one attached hydrogen (secondary N) is 1. The highest BCUT2D eigenvalue weighted by Gasteiger charge is 2.23. The molecule has 1 aromatic heterocycles. The van der Waals surface area contributed by atoms with E-state index in [9.17, 15) is 9.59 Å². The molecule has 28 heavy (non-hydrogen) atoms. The molecule has 1 aromatic carbocycles. The van der Waals surface area contributed by atoms with E-state index in [1.54, 1.807) is 13.2 Å². The van der Waals surface area contributed by atoms with Gasteiger partial charge in [0.25, 0.3) is 5.91 Å². The van der Waals surface area contributed by atoms with Gasteiger partial charge in [-0.1, -0.05) is 23.7 Å². The summed E-state index contributed by atoms with van der Waals surface area (Å²) in [5, 5.41) is 3.38. The number of piperidine rings is 1. The number of methoxy groups -OCH3 is 1. The maximum absolute atomic E-state index is 12.6. The van der Waals surface area contributed by atoms with Crippen molar-refractivity contribution in [3.63, 3.8) is 0 Å². The van der Waals surface area contributed by atoms with Gasteiger partial charge in [-0.25, -0.2) is 0 Å². The van der Waals surface area contributed by atoms with E-state index in [0.29, 0.717) is 42.6 Å². The van der Waals surface area contributed by atoms with Crippen LogP contribution in [0.25, 0.3) is 0 Å². The first-order chi connectivity index (χ1) is 13.5. The Balaban J connectivity index is 1.43. The average Bonchev–Trinajstić information content (AvgIpc) is 2.72. The van der Waals surface area contributed by atoms with E-state index < -0.39 is 0 Å². The van der Waals surface area contributed by atoms with Gasteiger partial charge in [-0.15, -0.1) is 0 Å². The van der Waals surface area contributed by atoms with Crippen molar-refractivity contribution in [2.75, 3.05) is 26.7 Å². The molecule has 6 nitrogen and oxygen atoms in total. The van der Waals surface area contributed by atoms with Gasteiger partial charge in [-0.05, 0) is 42.5 Å². The van der Waals surface area contributed by atoms with Gasteiger partial charge in [0.1, 0.15) is 5.75 Å². The maximum Gasteiger partial charge on any atom is 0.252 e. The number of aromatic nitrogens is 1. The number of likely N-dealkylation sites (tertiary alicyclic amines) is 1. The minimum absolute atomic E-state index is 0.126. The Hall–Kier alpha value is -2.60. The summed E-state index contributed by atoms with van der Waals surface area (Å²) in [4.78, 5) is 30.6. The highest BCUT2D eigenvalue weighted by atomic mass is 35.5. The fourth-order valence-corrected chi connectivity index (χ4v) is 3.50. The van der Waals surface area contributed by atoms with Gasteiger partial charge < -0.3 is 15.0 Å². The Labute approximate surface area is 169 Å². The Morgan fingerprint density at radius 2 is 2.04 bits per heavy atom. The third-order valence-electron chi connectivity index (χ3n) is 4.98. The highest BCUT2D eigenvalue weighted by molar-refractivity contribution is 6.30. The summed E-state index contributed by atoms with van der Waals surface area (Å²) in [6.07, 6.45) is 5.12. The van der Waals surface area contributed by atoms with Crippen molar-refractivity contribution in [2.24, 2.45) is 5.92 Å². The normalized spacial score (nSPS) is 14.6. The summed E-state index contributed by atoms with van der Waals surface area (Å²) < 4.78 is 5.21. The van der Waals surface area contributed by atoms with Crippen molar-refractivity contribution in [1.82, 2.24) is 15.2 Å². The number of hydrogen-bond donors (Lipinski definition) is 1. The molecule has 0 aliphatic carbocycles. The van der Waals surface area contributed by atoms with Gasteiger partial charge in [-0.2, -0.15) is 0 Å². The highest BCUT2D eigenvalue weighted by Crippen LogP contribution is 2.19. The number of pyridine rings is 1. The standard InChI is InChI=1S/C21H24ClN3O3/c1-28-19-4-2-3-16(9-19)10-20(26)25-7-5-15(6-8-25)12-24-21(27)17-11-18(22)14-23-13-17/h2-4,9,11,13-15H,5-8,10,12H2,1H3,(H,24,27). The van der Waals surface area contributed by atoms with Gasteiger partial charge in [-0.3, -0.25) is 14.6 Å². The molecule has 148 valence electrons. The lowest BCUT2D eigenvalue weighted by atomic mass is 9.96. The summed E-state index contributed by atoms with van der Waals surface area (Å²) >= 11 is 5.87. The fourth-order valence-electron chi connectivity index (χ4n) is 3.33. The zero-order valence-corrected chi connectivity index (χ0v) is 16.6. The molecule has 0 radical (unpaired) electrons. The Morgan fingerprint density at radius 3 is 2.75 bits per heavy atom. The number of halogens is 1. The Bertz CT molecular complexity index is 835. The second kappa shape index (κ2) is 9.55. The van der Waals surface area contributed by atoms with Gasteiger partial charge in [0.2, 0.25) is 5.91 Å². The average molecular weight is 402 g/mol. The topological polar surface area (TPSA) is 71.5 Å². The van der Waals surface area contributed by atoms with Crippen LogP contribution in [0.4, 0.5) is 0 Å². The second-order valence-electron chi connectivity index (χ2n) is 6.95. The lowest BCUT2D eigenvalue weighted by Gasteiger charge is -2.32. The monoisotopic (exact) mass is 401 g/mol. The smallest absolute Gasteiger partial charge is 0.252 e. The van der Waals surface area contributed by atoms with Crippen LogP contribution in [-0.4, -0.2) is 48.4 Å². The Kier molecular flexibility index (Phi) is 6.87. The third-order valence-corrected chi connectivity index (χ3v) is 5.18. The van der Waals surface area contributed by atoms with E-state index in [1.165, 1.54) is 12.4 Å². The molecule has 0 saturated carbocycles. The second-order valence-corrected chi connectivity index (χ2v) is 7.39. The molecular formula is C21H24ClN3O3. The predicted molar refractivity (Wildman–Crippen MR) is 108 cm³/mol. The zero-order valence-electron chi connectivity index (χ0n) is 15.9. The van der Waals surface area contributed by atoms with Crippen LogP contribution in [0.2, 0.25) is 5.02 Å². The van der Waals surface area contributed by atoms with Crippen molar-refractivity contribution in [1.29, 1.82) is 0 Å². The van der Waals surface area contributed by atoms with E-state index in [4.69, 9.17) is 16.3 Å². The molecule has 1 saturated heterocycles. The first-order valence-corrected chi connectivity index (χ1v) is 9.72. The number of hydrogen-bond acceptors (Lipinski definition) is 4. The SMILES string of the molecule is COc1cccc(CC(=O)N2CCC(CNC(=O)c3cncc(Cl)c3)CC2)c1. The summed E-state index contributed by atoms with van der Waals surface area (Å²) in [7, 11) is 1.62. The molecule has 2 amide bonds. The fraction of sp³-hybridized carbons (Fsp3) is 0.381. The van der Waals surface area contributed by atoms with Crippen LogP contribution in [0.15, 0.2) is 42.7 Å². The van der Waals surface area contributed by atoms with Gasteiger partial charge in [0.05, 0.1) is 24.1 Å². The van der Waals surface area contributed by atoms with Crippen LogP contribution in [0.3, 0.4) is 0 Å². The van der Waals surface area contributed by atoms with E-state index >= 15 is 0 Å². The van der Waals surface area contributed by atoms with Crippen molar-refractivity contribution < 1.29 is 14.3 Å². The number of nitrogens with zero attached hydrogens (tertiary/aromatic N) is 2. The van der Waals surface area contributed by atoms with Crippen LogP contribution in [0, 0.1) is 5.92 Å². The molecular weight excluding hydrogens is 378 g/mol. The molecule has 2 heterocycles. The summed E-state index contributed by atoms with van der Waals surface area (Å²) in [6, 6.07) is 9.20. The van der Waals surface area contributed by atoms with Crippen molar-refractivity contribution in [3.8, 4) is 5.75 Å². The maximum atomic E-state index is 12.6. The van der Waals surface area contributed by atoms with Crippen LogP contribution in [-0.2, 0) is 11.2 Å². The van der Waals surface area contributed by atoms with Gasteiger partial charge >= 0.3 is 0 Å². The lowest BCUT2D eigenvalue weighted by molar-refractivity contribution is -0.131. The van der Waals surface area contributed by atoms with Crippen LogP contribution in [0.1, 0.15) is 28.8 Å². The first-order valence-electron chi connectivity index (χ1n) is 9.34. The summed E-state index contributed by atoms with van der Waals surface area (Å²) in [6.45, 7) is 2.01. The zero-order chi connectivity index (χ0) is 19.9. The molecule has 1 aliphatic rings. The number of rotatable bonds is 6. The first kappa shape index (κ1) is 20.1. The Morgan fingerprint density at radius 1 is 1.25 bits per heavy atom. The largest absolute Gasteiger partial charge is 0.497 e. The lowest BCUT2D eigenvalue weighted by Crippen LogP contribution is -2.42. The van der Waals surface area contributed by atoms with E-state index in [1.807, 2.05) is 29.2 Å². The summed E-state index contributed by atoms with van der Waals surface area (Å²) in [5.41, 5.74) is 1.41. The number of carbonyl (C=O) groups excluding carboxylic acids is 2. The van der Waals surface area contributed by atoms with Crippen LogP contribution in [0.5, 0.6) is 5.75 Å². The number of amides is 2.